The standard InChI is InChI=1S/C11H9N5O2/c12-9(17)7-5-14-10(15-6-7)11(18)16-8-3-1-2-4-13-8/h1-6H,(H2,12,17)(H,13,16,18). The van der Waals surface area contributed by atoms with Gasteiger partial charge in [-0.05, 0) is 12.1 Å². The maximum Gasteiger partial charge on any atom is 0.294 e. The number of primary amides is 1. The van der Waals surface area contributed by atoms with E-state index in [9.17, 15) is 9.59 Å². The lowest BCUT2D eigenvalue weighted by atomic mass is 10.3. The highest BCUT2D eigenvalue weighted by atomic mass is 16.2. The Bertz CT molecular complexity index is 568. The van der Waals surface area contributed by atoms with E-state index in [-0.39, 0.29) is 11.4 Å². The van der Waals surface area contributed by atoms with Crippen LogP contribution in [0.3, 0.4) is 0 Å². The van der Waals surface area contributed by atoms with Crippen molar-refractivity contribution < 1.29 is 9.59 Å². The van der Waals surface area contributed by atoms with Crippen molar-refractivity contribution in [2.75, 3.05) is 5.32 Å². The zero-order valence-electron chi connectivity index (χ0n) is 9.20. The molecular weight excluding hydrogens is 234 g/mol. The normalized spacial score (nSPS) is 9.78. The van der Waals surface area contributed by atoms with Gasteiger partial charge in [-0.25, -0.2) is 15.0 Å². The largest absolute Gasteiger partial charge is 0.366 e. The zero-order chi connectivity index (χ0) is 13.0. The minimum atomic E-state index is -0.647. The first-order valence-corrected chi connectivity index (χ1v) is 5.01. The molecule has 0 saturated carbocycles. The van der Waals surface area contributed by atoms with Gasteiger partial charge in [0.2, 0.25) is 5.82 Å². The Balaban J connectivity index is 2.12. The van der Waals surface area contributed by atoms with Crippen LogP contribution in [0.25, 0.3) is 0 Å². The fourth-order valence-corrected chi connectivity index (χ4v) is 1.18. The highest BCUT2D eigenvalue weighted by Crippen LogP contribution is 2.02. The smallest absolute Gasteiger partial charge is 0.294 e. The minimum Gasteiger partial charge on any atom is -0.366 e. The number of rotatable bonds is 3. The summed E-state index contributed by atoms with van der Waals surface area (Å²) in [5.41, 5.74) is 5.18. The number of anilines is 1. The molecule has 7 heteroatoms. The molecule has 2 aromatic heterocycles. The SMILES string of the molecule is NC(=O)c1cnc(C(=O)Nc2ccccn2)nc1. The maximum atomic E-state index is 11.7. The Morgan fingerprint density at radius 3 is 2.39 bits per heavy atom. The highest BCUT2D eigenvalue weighted by Gasteiger charge is 2.10. The van der Waals surface area contributed by atoms with Gasteiger partial charge >= 0.3 is 0 Å². The van der Waals surface area contributed by atoms with Crippen molar-refractivity contribution in [2.24, 2.45) is 5.73 Å². The van der Waals surface area contributed by atoms with E-state index in [1.54, 1.807) is 24.4 Å². The molecule has 2 amide bonds. The molecule has 2 rings (SSSR count). The van der Waals surface area contributed by atoms with Crippen molar-refractivity contribution in [3.8, 4) is 0 Å². The fourth-order valence-electron chi connectivity index (χ4n) is 1.18. The van der Waals surface area contributed by atoms with Gasteiger partial charge in [-0.2, -0.15) is 0 Å². The first-order valence-electron chi connectivity index (χ1n) is 5.01. The average molecular weight is 243 g/mol. The minimum absolute atomic E-state index is 0.0642. The molecule has 0 aromatic carbocycles. The summed E-state index contributed by atoms with van der Waals surface area (Å²) in [5.74, 6) is -0.827. The topological polar surface area (TPSA) is 111 Å². The summed E-state index contributed by atoms with van der Waals surface area (Å²) >= 11 is 0. The molecule has 0 spiro atoms. The van der Waals surface area contributed by atoms with Crippen molar-refractivity contribution in [3.63, 3.8) is 0 Å². The second-order valence-electron chi connectivity index (χ2n) is 3.33. The van der Waals surface area contributed by atoms with Gasteiger partial charge in [0.25, 0.3) is 11.8 Å². The Hall–Kier alpha value is -2.83. The number of carbonyl (C=O) groups is 2. The second-order valence-corrected chi connectivity index (χ2v) is 3.33. The number of carbonyl (C=O) groups excluding carboxylic acids is 2. The quantitative estimate of drug-likeness (QED) is 0.801. The lowest BCUT2D eigenvalue weighted by Gasteiger charge is -2.02. The van der Waals surface area contributed by atoms with Gasteiger partial charge in [-0.3, -0.25) is 9.59 Å². The summed E-state index contributed by atoms with van der Waals surface area (Å²) in [6.45, 7) is 0. The summed E-state index contributed by atoms with van der Waals surface area (Å²) in [6, 6.07) is 5.10. The number of pyridine rings is 1. The van der Waals surface area contributed by atoms with Crippen LogP contribution in [-0.4, -0.2) is 26.8 Å². The van der Waals surface area contributed by atoms with E-state index in [4.69, 9.17) is 5.73 Å². The molecule has 3 N–H and O–H groups in total. The fraction of sp³-hybridized carbons (Fsp3) is 0. The molecule has 0 atom stereocenters. The molecule has 7 nitrogen and oxygen atoms in total. The third kappa shape index (κ3) is 2.64. The van der Waals surface area contributed by atoms with Crippen molar-refractivity contribution in [1.29, 1.82) is 0 Å². The number of hydrogen-bond donors (Lipinski definition) is 2. The van der Waals surface area contributed by atoms with Crippen LogP contribution in [0.4, 0.5) is 5.82 Å². The summed E-state index contributed by atoms with van der Waals surface area (Å²) < 4.78 is 0. The maximum absolute atomic E-state index is 11.7. The van der Waals surface area contributed by atoms with Gasteiger partial charge in [0, 0.05) is 18.6 Å². The van der Waals surface area contributed by atoms with Gasteiger partial charge in [0.05, 0.1) is 5.56 Å². The van der Waals surface area contributed by atoms with E-state index in [0.29, 0.717) is 5.82 Å². The number of hydrogen-bond acceptors (Lipinski definition) is 5. The van der Waals surface area contributed by atoms with Gasteiger partial charge in [-0.1, -0.05) is 6.07 Å². The van der Waals surface area contributed by atoms with Gasteiger partial charge < -0.3 is 11.1 Å². The molecule has 0 saturated heterocycles. The average Bonchev–Trinajstić information content (AvgIpc) is 2.40. The number of amides is 2. The van der Waals surface area contributed by atoms with Crippen LogP contribution in [0, 0.1) is 0 Å². The molecule has 0 aliphatic carbocycles. The summed E-state index contributed by atoms with van der Waals surface area (Å²) in [4.78, 5) is 33.9. The van der Waals surface area contributed by atoms with Crippen LogP contribution >= 0.6 is 0 Å². The lowest BCUT2D eigenvalue weighted by Crippen LogP contribution is -2.18. The Labute approximate surface area is 102 Å². The molecule has 0 aliphatic heterocycles. The van der Waals surface area contributed by atoms with E-state index >= 15 is 0 Å². The molecule has 18 heavy (non-hydrogen) atoms. The molecule has 2 aromatic rings. The van der Waals surface area contributed by atoms with Gasteiger partial charge in [0.15, 0.2) is 0 Å². The molecule has 90 valence electrons. The van der Waals surface area contributed by atoms with Crippen LogP contribution in [0.5, 0.6) is 0 Å². The van der Waals surface area contributed by atoms with Crippen molar-refractivity contribution in [1.82, 2.24) is 15.0 Å². The monoisotopic (exact) mass is 243 g/mol. The van der Waals surface area contributed by atoms with Crippen molar-refractivity contribution >= 4 is 17.6 Å². The summed E-state index contributed by atoms with van der Waals surface area (Å²) in [6.07, 6.45) is 3.94. The van der Waals surface area contributed by atoms with E-state index in [1.807, 2.05) is 0 Å². The molecule has 0 bridgehead atoms. The van der Waals surface area contributed by atoms with Crippen LogP contribution in [0.1, 0.15) is 21.0 Å². The number of nitrogens with two attached hydrogens (primary N) is 1. The number of aromatic nitrogens is 3. The molecule has 0 aliphatic rings. The van der Waals surface area contributed by atoms with Crippen molar-refractivity contribution in [3.05, 3.63) is 48.2 Å². The van der Waals surface area contributed by atoms with Crippen LogP contribution < -0.4 is 11.1 Å². The molecule has 2 heterocycles. The third-order valence-electron chi connectivity index (χ3n) is 2.05. The molecule has 0 radical (unpaired) electrons. The van der Waals surface area contributed by atoms with Crippen LogP contribution in [0.2, 0.25) is 0 Å². The highest BCUT2D eigenvalue weighted by molar-refractivity contribution is 6.01. The Morgan fingerprint density at radius 1 is 1.11 bits per heavy atom. The Morgan fingerprint density at radius 2 is 1.83 bits per heavy atom. The van der Waals surface area contributed by atoms with Crippen molar-refractivity contribution in [2.45, 2.75) is 0 Å². The van der Waals surface area contributed by atoms with E-state index in [1.165, 1.54) is 12.4 Å². The summed E-state index contributed by atoms with van der Waals surface area (Å²) in [5, 5.41) is 2.52. The number of nitrogens with one attached hydrogen (secondary N) is 1. The lowest BCUT2D eigenvalue weighted by molar-refractivity contribution is 0.0990. The van der Waals surface area contributed by atoms with Gasteiger partial charge in [-0.15, -0.1) is 0 Å². The first kappa shape index (κ1) is 11.6. The first-order chi connectivity index (χ1) is 8.66. The van der Waals surface area contributed by atoms with E-state index < -0.39 is 11.8 Å². The number of nitrogens with zero attached hydrogens (tertiary/aromatic N) is 3. The predicted molar refractivity (Wildman–Crippen MR) is 62.7 cm³/mol. The van der Waals surface area contributed by atoms with Crippen LogP contribution in [0.15, 0.2) is 36.8 Å². The zero-order valence-corrected chi connectivity index (χ0v) is 9.20. The third-order valence-corrected chi connectivity index (χ3v) is 2.05. The van der Waals surface area contributed by atoms with Crippen LogP contribution in [-0.2, 0) is 0 Å². The van der Waals surface area contributed by atoms with Gasteiger partial charge in [0.1, 0.15) is 5.82 Å². The second kappa shape index (κ2) is 5.00. The molecule has 0 fully saturated rings. The van der Waals surface area contributed by atoms with E-state index in [0.717, 1.165) is 0 Å². The Kier molecular flexibility index (Phi) is 3.24. The summed E-state index contributed by atoms with van der Waals surface area (Å²) in [7, 11) is 0. The van der Waals surface area contributed by atoms with E-state index in [2.05, 4.69) is 20.3 Å². The molecule has 0 unspecified atom stereocenters. The predicted octanol–water partition coefficient (Wildman–Crippen LogP) is 0.223. The molecular formula is C11H9N5O2.